The molecule has 0 spiro atoms. The Morgan fingerprint density at radius 1 is 1.17 bits per heavy atom. The number of thioether (sulfide) groups is 1. The molecular weight excluding hydrogens is 318 g/mol. The first-order valence-electron chi connectivity index (χ1n) is 8.31. The minimum Gasteiger partial charge on any atom is -0.497 e. The third-order valence-electron chi connectivity index (χ3n) is 4.62. The lowest BCUT2D eigenvalue weighted by atomic mass is 9.80. The van der Waals surface area contributed by atoms with Gasteiger partial charge in [-0.1, -0.05) is 30.3 Å². The molecule has 3 rings (SSSR count). The van der Waals surface area contributed by atoms with Crippen molar-refractivity contribution < 1.29 is 9.84 Å². The molecule has 2 aromatic rings. The summed E-state index contributed by atoms with van der Waals surface area (Å²) in [6.45, 7) is 0.961. The first-order chi connectivity index (χ1) is 11.5. The molecule has 0 amide bonds. The molecule has 0 saturated heterocycles. The molecule has 1 unspecified atom stereocenters. The van der Waals surface area contributed by atoms with Crippen molar-refractivity contribution in [1.82, 2.24) is 4.90 Å². The van der Waals surface area contributed by atoms with Crippen molar-refractivity contribution in [2.24, 2.45) is 0 Å². The fourth-order valence-electron chi connectivity index (χ4n) is 3.36. The maximum Gasteiger partial charge on any atom is 0.120 e. The molecule has 0 bridgehead atoms. The highest BCUT2D eigenvalue weighted by atomic mass is 32.2. The lowest BCUT2D eigenvalue weighted by Crippen LogP contribution is -2.30. The van der Waals surface area contributed by atoms with Crippen LogP contribution in [0.1, 0.15) is 29.5 Å². The van der Waals surface area contributed by atoms with Crippen molar-refractivity contribution in [3.63, 3.8) is 0 Å². The van der Waals surface area contributed by atoms with Crippen LogP contribution in [0.4, 0.5) is 0 Å². The average Bonchev–Trinajstić information content (AvgIpc) is 2.70. The van der Waals surface area contributed by atoms with E-state index in [0.29, 0.717) is 6.42 Å². The Morgan fingerprint density at radius 2 is 1.96 bits per heavy atom. The Kier molecular flexibility index (Phi) is 5.18. The number of ether oxygens (including phenoxy) is 1. The van der Waals surface area contributed by atoms with Gasteiger partial charge in [0.2, 0.25) is 0 Å². The lowest BCUT2D eigenvalue weighted by molar-refractivity contribution is 0.0635. The van der Waals surface area contributed by atoms with Crippen molar-refractivity contribution in [2.75, 3.05) is 27.7 Å². The number of methoxy groups -OCH3 is 1. The van der Waals surface area contributed by atoms with E-state index < -0.39 is 5.60 Å². The summed E-state index contributed by atoms with van der Waals surface area (Å²) in [5, 5.41) is 11.8. The number of hydrogen-bond donors (Lipinski definition) is 1. The van der Waals surface area contributed by atoms with Crippen LogP contribution in [0.5, 0.6) is 5.75 Å². The van der Waals surface area contributed by atoms with Crippen molar-refractivity contribution in [2.45, 2.75) is 29.1 Å². The van der Waals surface area contributed by atoms with Crippen LogP contribution in [0.2, 0.25) is 0 Å². The molecule has 0 saturated carbocycles. The fourth-order valence-corrected chi connectivity index (χ4v) is 4.52. The molecule has 24 heavy (non-hydrogen) atoms. The quantitative estimate of drug-likeness (QED) is 0.893. The molecular formula is C20H25NO2S. The van der Waals surface area contributed by atoms with Crippen LogP contribution in [0.25, 0.3) is 0 Å². The Morgan fingerprint density at radius 3 is 2.71 bits per heavy atom. The second-order valence-corrected chi connectivity index (χ2v) is 7.59. The monoisotopic (exact) mass is 343 g/mol. The van der Waals surface area contributed by atoms with E-state index in [1.54, 1.807) is 18.9 Å². The maximum atomic E-state index is 11.8. The van der Waals surface area contributed by atoms with Gasteiger partial charge >= 0.3 is 0 Å². The normalized spacial score (nSPS) is 19.5. The predicted octanol–water partition coefficient (Wildman–Crippen LogP) is 3.88. The molecule has 0 radical (unpaired) electrons. The Balaban J connectivity index is 2.07. The van der Waals surface area contributed by atoms with Gasteiger partial charge in [0, 0.05) is 16.2 Å². The standard InChI is InChI=1S/C20H25NO2S/c1-21(2)12-6-11-20(22)17-8-5-4-7-15(17)14-24-19-13-16(23-3)9-10-18(19)20/h4-5,7-10,13,22H,6,11-12,14H2,1-3H3. The molecule has 0 aliphatic carbocycles. The van der Waals surface area contributed by atoms with Crippen LogP contribution in [0, 0.1) is 0 Å². The minimum absolute atomic E-state index is 0.710. The Bertz CT molecular complexity index is 717. The van der Waals surface area contributed by atoms with Gasteiger partial charge in [-0.3, -0.25) is 0 Å². The minimum atomic E-state index is -0.947. The molecule has 1 aliphatic heterocycles. The van der Waals surface area contributed by atoms with Gasteiger partial charge in [-0.2, -0.15) is 0 Å². The van der Waals surface area contributed by atoms with E-state index in [1.165, 1.54) is 5.56 Å². The van der Waals surface area contributed by atoms with Gasteiger partial charge in [0.15, 0.2) is 0 Å². The summed E-state index contributed by atoms with van der Waals surface area (Å²) in [5.74, 6) is 1.70. The SMILES string of the molecule is COc1ccc2c(c1)SCc1ccccc1C2(O)CCCN(C)C. The number of aliphatic hydroxyl groups is 1. The van der Waals surface area contributed by atoms with Gasteiger partial charge in [0.1, 0.15) is 11.4 Å². The molecule has 1 N–H and O–H groups in total. The number of nitrogens with zero attached hydrogens (tertiary/aromatic N) is 1. The summed E-state index contributed by atoms with van der Waals surface area (Å²) in [5.41, 5.74) is 2.31. The summed E-state index contributed by atoms with van der Waals surface area (Å²) in [6, 6.07) is 14.3. The maximum absolute atomic E-state index is 11.8. The van der Waals surface area contributed by atoms with E-state index in [0.717, 1.165) is 40.5 Å². The van der Waals surface area contributed by atoms with E-state index in [2.05, 4.69) is 37.2 Å². The fraction of sp³-hybridized carbons (Fsp3) is 0.400. The van der Waals surface area contributed by atoms with Crippen LogP contribution >= 0.6 is 11.8 Å². The molecule has 128 valence electrons. The van der Waals surface area contributed by atoms with E-state index in [4.69, 9.17) is 4.74 Å². The number of rotatable bonds is 5. The summed E-state index contributed by atoms with van der Waals surface area (Å²) in [6.07, 6.45) is 1.65. The number of fused-ring (bicyclic) bond motifs is 2. The van der Waals surface area contributed by atoms with Crippen LogP contribution in [0.3, 0.4) is 0 Å². The first-order valence-corrected chi connectivity index (χ1v) is 9.30. The van der Waals surface area contributed by atoms with Gasteiger partial charge in [-0.15, -0.1) is 11.8 Å². The first kappa shape index (κ1) is 17.3. The molecule has 1 heterocycles. The predicted molar refractivity (Wildman–Crippen MR) is 99.8 cm³/mol. The highest BCUT2D eigenvalue weighted by Crippen LogP contribution is 2.46. The second-order valence-electron chi connectivity index (χ2n) is 6.58. The Labute approximate surface area is 148 Å². The second kappa shape index (κ2) is 7.18. The number of hydrogen-bond acceptors (Lipinski definition) is 4. The topological polar surface area (TPSA) is 32.7 Å². The van der Waals surface area contributed by atoms with Crippen molar-refractivity contribution in [3.8, 4) is 5.75 Å². The van der Waals surface area contributed by atoms with Crippen LogP contribution in [0.15, 0.2) is 47.4 Å². The number of benzene rings is 2. The van der Waals surface area contributed by atoms with Gasteiger partial charge in [-0.05, 0) is 56.7 Å². The zero-order valence-electron chi connectivity index (χ0n) is 14.6. The summed E-state index contributed by atoms with van der Waals surface area (Å²) >= 11 is 1.77. The van der Waals surface area contributed by atoms with Crippen molar-refractivity contribution >= 4 is 11.8 Å². The molecule has 3 nitrogen and oxygen atoms in total. The zero-order valence-corrected chi connectivity index (χ0v) is 15.4. The lowest BCUT2D eigenvalue weighted by Gasteiger charge is -2.31. The summed E-state index contributed by atoms with van der Waals surface area (Å²) < 4.78 is 5.38. The van der Waals surface area contributed by atoms with E-state index >= 15 is 0 Å². The van der Waals surface area contributed by atoms with Gasteiger partial charge < -0.3 is 14.7 Å². The largest absolute Gasteiger partial charge is 0.497 e. The van der Waals surface area contributed by atoms with Crippen LogP contribution in [-0.4, -0.2) is 37.8 Å². The van der Waals surface area contributed by atoms with E-state index in [9.17, 15) is 5.11 Å². The highest BCUT2D eigenvalue weighted by Gasteiger charge is 2.37. The molecule has 2 aromatic carbocycles. The molecule has 1 aliphatic rings. The van der Waals surface area contributed by atoms with Gasteiger partial charge in [-0.25, -0.2) is 0 Å². The smallest absolute Gasteiger partial charge is 0.120 e. The third kappa shape index (κ3) is 3.32. The molecule has 4 heteroatoms. The Hall–Kier alpha value is -1.49. The van der Waals surface area contributed by atoms with Crippen molar-refractivity contribution in [3.05, 3.63) is 59.2 Å². The molecule has 1 atom stereocenters. The highest BCUT2D eigenvalue weighted by molar-refractivity contribution is 7.98. The summed E-state index contributed by atoms with van der Waals surface area (Å²) in [7, 11) is 5.82. The van der Waals surface area contributed by atoms with Crippen LogP contribution in [-0.2, 0) is 11.4 Å². The summed E-state index contributed by atoms with van der Waals surface area (Å²) in [4.78, 5) is 3.27. The van der Waals surface area contributed by atoms with Crippen molar-refractivity contribution in [1.29, 1.82) is 0 Å². The molecule has 0 fully saturated rings. The van der Waals surface area contributed by atoms with Gasteiger partial charge in [0.25, 0.3) is 0 Å². The molecule has 0 aromatic heterocycles. The zero-order chi connectivity index (χ0) is 17.2. The average molecular weight is 343 g/mol. The van der Waals surface area contributed by atoms with Gasteiger partial charge in [0.05, 0.1) is 7.11 Å². The van der Waals surface area contributed by atoms with Crippen LogP contribution < -0.4 is 4.74 Å². The van der Waals surface area contributed by atoms with E-state index in [-0.39, 0.29) is 0 Å². The van der Waals surface area contributed by atoms with E-state index in [1.807, 2.05) is 24.3 Å². The third-order valence-corrected chi connectivity index (χ3v) is 5.73.